The van der Waals surface area contributed by atoms with E-state index in [1.165, 1.54) is 12.1 Å². The molecule has 0 saturated heterocycles. The number of hydrogen-bond donors (Lipinski definition) is 1. The van der Waals surface area contributed by atoms with Crippen LogP contribution in [0, 0.1) is 5.82 Å². The third-order valence-corrected chi connectivity index (χ3v) is 4.44. The summed E-state index contributed by atoms with van der Waals surface area (Å²) < 4.78 is 20.5. The van der Waals surface area contributed by atoms with Crippen LogP contribution in [0.25, 0.3) is 11.3 Å². The fourth-order valence-electron chi connectivity index (χ4n) is 3.20. The van der Waals surface area contributed by atoms with Crippen molar-refractivity contribution in [3.05, 3.63) is 41.3 Å². The summed E-state index contributed by atoms with van der Waals surface area (Å²) in [6.45, 7) is 6.45. The first kappa shape index (κ1) is 19.9. The molecule has 1 aliphatic rings. The fourth-order valence-corrected chi connectivity index (χ4v) is 3.20. The summed E-state index contributed by atoms with van der Waals surface area (Å²) in [6.07, 6.45) is 0.0938. The number of amides is 1. The van der Waals surface area contributed by atoms with Crippen molar-refractivity contribution in [1.82, 2.24) is 14.7 Å². The van der Waals surface area contributed by atoms with Crippen LogP contribution in [-0.2, 0) is 29.0 Å². The van der Waals surface area contributed by atoms with Gasteiger partial charge in [0.1, 0.15) is 11.4 Å². The maximum atomic E-state index is 13.3. The van der Waals surface area contributed by atoms with E-state index in [0.717, 1.165) is 16.8 Å². The number of rotatable bonds is 4. The van der Waals surface area contributed by atoms with E-state index in [9.17, 15) is 14.0 Å². The molecule has 0 fully saturated rings. The molecule has 1 amide bonds. The van der Waals surface area contributed by atoms with Crippen molar-refractivity contribution in [2.75, 3.05) is 6.54 Å². The number of ether oxygens (including phenoxy) is 1. The predicted molar refractivity (Wildman–Crippen MR) is 100 cm³/mol. The molecule has 0 saturated carbocycles. The maximum absolute atomic E-state index is 13.3. The van der Waals surface area contributed by atoms with Gasteiger partial charge in [0.2, 0.25) is 0 Å². The third kappa shape index (κ3) is 4.49. The Labute approximate surface area is 162 Å². The molecular formula is C20H24FN3O4. The molecule has 0 spiro atoms. The highest BCUT2D eigenvalue weighted by molar-refractivity contribution is 5.71. The van der Waals surface area contributed by atoms with Crippen molar-refractivity contribution in [2.24, 2.45) is 0 Å². The number of aromatic nitrogens is 2. The zero-order valence-corrected chi connectivity index (χ0v) is 16.2. The molecule has 150 valence electrons. The molecule has 0 bridgehead atoms. The second-order valence-electron chi connectivity index (χ2n) is 7.80. The number of carbonyl (C=O) groups is 2. The zero-order chi connectivity index (χ0) is 20.5. The predicted octanol–water partition coefficient (Wildman–Crippen LogP) is 3.46. The van der Waals surface area contributed by atoms with Gasteiger partial charge in [0, 0.05) is 29.8 Å². The van der Waals surface area contributed by atoms with E-state index in [0.29, 0.717) is 25.2 Å². The number of hydrogen-bond acceptors (Lipinski definition) is 4. The Morgan fingerprint density at radius 2 is 1.93 bits per heavy atom. The molecule has 0 unspecified atom stereocenters. The molecule has 0 atom stereocenters. The highest BCUT2D eigenvalue weighted by atomic mass is 19.1. The molecule has 7 nitrogen and oxygen atoms in total. The lowest BCUT2D eigenvalue weighted by molar-refractivity contribution is -0.137. The van der Waals surface area contributed by atoms with Gasteiger partial charge < -0.3 is 14.7 Å². The van der Waals surface area contributed by atoms with E-state index in [-0.39, 0.29) is 18.8 Å². The molecule has 8 heteroatoms. The maximum Gasteiger partial charge on any atom is 0.410 e. The Morgan fingerprint density at radius 3 is 2.54 bits per heavy atom. The highest BCUT2D eigenvalue weighted by Gasteiger charge is 2.30. The van der Waals surface area contributed by atoms with E-state index in [4.69, 9.17) is 9.84 Å². The van der Waals surface area contributed by atoms with Gasteiger partial charge >= 0.3 is 12.1 Å². The van der Waals surface area contributed by atoms with Gasteiger partial charge in [0.15, 0.2) is 0 Å². The fraction of sp³-hybridized carbons (Fsp3) is 0.450. The third-order valence-electron chi connectivity index (χ3n) is 4.44. The highest BCUT2D eigenvalue weighted by Crippen LogP contribution is 2.31. The quantitative estimate of drug-likeness (QED) is 0.866. The largest absolute Gasteiger partial charge is 0.481 e. The Balaban J connectivity index is 1.94. The molecule has 0 aliphatic carbocycles. The average Bonchev–Trinajstić information content (AvgIpc) is 2.97. The van der Waals surface area contributed by atoms with E-state index in [1.807, 2.05) is 20.8 Å². The molecule has 1 aliphatic heterocycles. The molecular weight excluding hydrogens is 365 g/mol. The lowest BCUT2D eigenvalue weighted by Gasteiger charge is -2.30. The number of nitrogens with zero attached hydrogens (tertiary/aromatic N) is 3. The second kappa shape index (κ2) is 7.61. The van der Waals surface area contributed by atoms with Gasteiger partial charge in [-0.1, -0.05) is 0 Å². The van der Waals surface area contributed by atoms with Crippen molar-refractivity contribution < 1.29 is 23.8 Å². The van der Waals surface area contributed by atoms with Crippen LogP contribution in [0.4, 0.5) is 9.18 Å². The van der Waals surface area contributed by atoms with Crippen LogP contribution < -0.4 is 0 Å². The Morgan fingerprint density at radius 1 is 1.25 bits per heavy atom. The lowest BCUT2D eigenvalue weighted by atomic mass is 10.0. The van der Waals surface area contributed by atoms with Crippen LogP contribution in [-0.4, -0.2) is 44.0 Å². The molecule has 28 heavy (non-hydrogen) atoms. The van der Waals surface area contributed by atoms with E-state index in [2.05, 4.69) is 5.10 Å². The first-order chi connectivity index (χ1) is 13.1. The van der Waals surface area contributed by atoms with Gasteiger partial charge in [0.05, 0.1) is 25.2 Å². The van der Waals surface area contributed by atoms with Crippen molar-refractivity contribution in [2.45, 2.75) is 52.3 Å². The number of halogens is 1. The van der Waals surface area contributed by atoms with Crippen molar-refractivity contribution in [1.29, 1.82) is 0 Å². The van der Waals surface area contributed by atoms with Gasteiger partial charge in [-0.15, -0.1) is 0 Å². The Hall–Kier alpha value is -2.90. The summed E-state index contributed by atoms with van der Waals surface area (Å²) in [6, 6.07) is 5.97. The van der Waals surface area contributed by atoms with Gasteiger partial charge in [-0.3, -0.25) is 9.48 Å². The lowest BCUT2D eigenvalue weighted by Crippen LogP contribution is -2.40. The van der Waals surface area contributed by atoms with Gasteiger partial charge in [0.25, 0.3) is 0 Å². The van der Waals surface area contributed by atoms with Crippen molar-refractivity contribution in [3.63, 3.8) is 0 Å². The van der Waals surface area contributed by atoms with Crippen LogP contribution >= 0.6 is 0 Å². The number of fused-ring (bicyclic) bond motifs is 1. The molecule has 0 radical (unpaired) electrons. The summed E-state index contributed by atoms with van der Waals surface area (Å²) in [5.74, 6) is -1.25. The van der Waals surface area contributed by atoms with Crippen LogP contribution in [0.1, 0.15) is 38.4 Å². The summed E-state index contributed by atoms with van der Waals surface area (Å²) in [5.41, 5.74) is 2.50. The number of carbonyl (C=O) groups excluding carboxylic acids is 1. The minimum absolute atomic E-state index is 0.0489. The molecule has 3 rings (SSSR count). The van der Waals surface area contributed by atoms with Crippen LogP contribution in [0.2, 0.25) is 0 Å². The molecule has 2 heterocycles. The minimum atomic E-state index is -0.904. The Bertz CT molecular complexity index is 884. The standard InChI is InChI=1S/C20H24FN3O4/c1-20(2,3)28-19(27)23-10-8-16-15(12-23)18(13-4-6-14(21)7-5-13)22-24(16)11-9-17(25)26/h4-7H,8-12H2,1-3H3,(H,25,26). The summed E-state index contributed by atoms with van der Waals surface area (Å²) in [5, 5.41) is 13.6. The van der Waals surface area contributed by atoms with Gasteiger partial charge in [-0.2, -0.15) is 5.10 Å². The number of benzene rings is 1. The number of carboxylic acid groups (broad SMARTS) is 1. The average molecular weight is 389 g/mol. The van der Waals surface area contributed by atoms with Gasteiger partial charge in [-0.25, -0.2) is 9.18 Å². The number of carboxylic acids is 1. The normalized spacial score (nSPS) is 13.9. The number of aliphatic carboxylic acids is 1. The number of aryl methyl sites for hydroxylation is 1. The molecule has 1 aromatic heterocycles. The monoisotopic (exact) mass is 389 g/mol. The Kier molecular flexibility index (Phi) is 5.40. The van der Waals surface area contributed by atoms with E-state index < -0.39 is 17.7 Å². The second-order valence-corrected chi connectivity index (χ2v) is 7.80. The zero-order valence-electron chi connectivity index (χ0n) is 16.2. The van der Waals surface area contributed by atoms with E-state index >= 15 is 0 Å². The summed E-state index contributed by atoms with van der Waals surface area (Å²) in [4.78, 5) is 25.1. The van der Waals surface area contributed by atoms with Gasteiger partial charge in [-0.05, 0) is 45.0 Å². The minimum Gasteiger partial charge on any atom is -0.481 e. The van der Waals surface area contributed by atoms with E-state index in [1.54, 1.807) is 21.7 Å². The topological polar surface area (TPSA) is 84.7 Å². The molecule has 2 aromatic rings. The summed E-state index contributed by atoms with van der Waals surface area (Å²) >= 11 is 0. The van der Waals surface area contributed by atoms with Crippen LogP contribution in [0.5, 0.6) is 0 Å². The smallest absolute Gasteiger partial charge is 0.410 e. The van der Waals surface area contributed by atoms with Crippen LogP contribution in [0.15, 0.2) is 24.3 Å². The first-order valence-electron chi connectivity index (χ1n) is 9.18. The SMILES string of the molecule is CC(C)(C)OC(=O)N1CCc2c(c(-c3ccc(F)cc3)nn2CCC(=O)O)C1. The summed E-state index contributed by atoms with van der Waals surface area (Å²) in [7, 11) is 0. The molecule has 1 N–H and O–H groups in total. The van der Waals surface area contributed by atoms with Crippen LogP contribution in [0.3, 0.4) is 0 Å². The first-order valence-corrected chi connectivity index (χ1v) is 9.18. The van der Waals surface area contributed by atoms with Crippen molar-refractivity contribution in [3.8, 4) is 11.3 Å². The molecule has 1 aromatic carbocycles. The van der Waals surface area contributed by atoms with Crippen molar-refractivity contribution >= 4 is 12.1 Å².